The first kappa shape index (κ1) is 13.6. The van der Waals surface area contributed by atoms with Crippen LogP contribution in [0.3, 0.4) is 0 Å². The standard InChI is InChI=1S/C14H21N3O3/c18-14(19)11-1-2-12-9-15-13(17(12)10-11)3-4-16-5-7-20-8-6-16/h9,11H,1-8,10H2,(H,18,19). The minimum Gasteiger partial charge on any atom is -0.481 e. The molecule has 0 bridgehead atoms. The summed E-state index contributed by atoms with van der Waals surface area (Å²) in [6.45, 7) is 5.11. The van der Waals surface area contributed by atoms with Crippen molar-refractivity contribution in [3.05, 3.63) is 17.7 Å². The monoisotopic (exact) mass is 279 g/mol. The molecule has 20 heavy (non-hydrogen) atoms. The first-order chi connectivity index (χ1) is 9.74. The molecule has 2 aliphatic rings. The summed E-state index contributed by atoms with van der Waals surface area (Å²) in [5.74, 6) is 0.0692. The van der Waals surface area contributed by atoms with Crippen LogP contribution in [0, 0.1) is 5.92 Å². The Morgan fingerprint density at radius 2 is 2.25 bits per heavy atom. The van der Waals surface area contributed by atoms with Gasteiger partial charge in [-0.15, -0.1) is 0 Å². The number of carboxylic acid groups (broad SMARTS) is 1. The number of rotatable bonds is 4. The summed E-state index contributed by atoms with van der Waals surface area (Å²) >= 11 is 0. The third-order valence-corrected chi connectivity index (χ3v) is 4.28. The molecule has 6 heteroatoms. The Morgan fingerprint density at radius 1 is 1.45 bits per heavy atom. The summed E-state index contributed by atoms with van der Waals surface area (Å²) in [7, 11) is 0. The summed E-state index contributed by atoms with van der Waals surface area (Å²) in [5.41, 5.74) is 1.18. The molecule has 1 saturated heterocycles. The van der Waals surface area contributed by atoms with Gasteiger partial charge in [-0.05, 0) is 12.8 Å². The highest BCUT2D eigenvalue weighted by molar-refractivity contribution is 5.70. The van der Waals surface area contributed by atoms with Gasteiger partial charge in [-0.2, -0.15) is 0 Å². The molecule has 0 radical (unpaired) electrons. The molecule has 3 heterocycles. The first-order valence-electron chi connectivity index (χ1n) is 7.30. The molecule has 110 valence electrons. The maximum Gasteiger partial charge on any atom is 0.308 e. The summed E-state index contributed by atoms with van der Waals surface area (Å²) in [6.07, 6.45) is 4.34. The Balaban J connectivity index is 1.63. The number of carbonyl (C=O) groups is 1. The molecule has 1 fully saturated rings. The molecule has 1 aromatic rings. The van der Waals surface area contributed by atoms with Gasteiger partial charge in [-0.25, -0.2) is 4.98 Å². The fourth-order valence-electron chi connectivity index (χ4n) is 2.99. The second-order valence-electron chi connectivity index (χ2n) is 5.55. The van der Waals surface area contributed by atoms with E-state index in [4.69, 9.17) is 4.74 Å². The Hall–Kier alpha value is -1.40. The molecular weight excluding hydrogens is 258 g/mol. The van der Waals surface area contributed by atoms with Crippen molar-refractivity contribution >= 4 is 5.97 Å². The summed E-state index contributed by atoms with van der Waals surface area (Å²) in [4.78, 5) is 18.0. The summed E-state index contributed by atoms with van der Waals surface area (Å²) < 4.78 is 7.45. The SMILES string of the molecule is O=C(O)C1CCc2cnc(CCN3CCOCC3)n2C1. The second kappa shape index (κ2) is 5.93. The smallest absolute Gasteiger partial charge is 0.308 e. The van der Waals surface area contributed by atoms with Crippen LogP contribution in [0.4, 0.5) is 0 Å². The maximum atomic E-state index is 11.1. The number of hydrogen-bond acceptors (Lipinski definition) is 4. The molecule has 0 amide bonds. The molecule has 0 spiro atoms. The van der Waals surface area contributed by atoms with Gasteiger partial charge in [-0.3, -0.25) is 9.69 Å². The van der Waals surface area contributed by atoms with Crippen molar-refractivity contribution in [1.29, 1.82) is 0 Å². The lowest BCUT2D eigenvalue weighted by molar-refractivity contribution is -0.142. The number of aryl methyl sites for hydroxylation is 1. The number of morpholine rings is 1. The molecule has 1 atom stereocenters. The quantitative estimate of drug-likeness (QED) is 0.864. The van der Waals surface area contributed by atoms with E-state index < -0.39 is 5.97 Å². The van der Waals surface area contributed by atoms with E-state index in [0.717, 1.165) is 57.9 Å². The van der Waals surface area contributed by atoms with Crippen molar-refractivity contribution in [3.63, 3.8) is 0 Å². The van der Waals surface area contributed by atoms with Crippen molar-refractivity contribution < 1.29 is 14.6 Å². The topological polar surface area (TPSA) is 67.6 Å². The van der Waals surface area contributed by atoms with Crippen LogP contribution < -0.4 is 0 Å². The van der Waals surface area contributed by atoms with Gasteiger partial charge in [0.2, 0.25) is 0 Å². The van der Waals surface area contributed by atoms with Crippen molar-refractivity contribution in [2.75, 3.05) is 32.8 Å². The van der Waals surface area contributed by atoms with E-state index in [1.807, 2.05) is 6.20 Å². The number of fused-ring (bicyclic) bond motifs is 1. The lowest BCUT2D eigenvalue weighted by atomic mass is 9.98. The maximum absolute atomic E-state index is 11.1. The average molecular weight is 279 g/mol. The normalized spacial score (nSPS) is 23.5. The number of aliphatic carboxylic acids is 1. The zero-order chi connectivity index (χ0) is 13.9. The van der Waals surface area contributed by atoms with Gasteiger partial charge in [-0.1, -0.05) is 0 Å². The molecule has 1 unspecified atom stereocenters. The lowest BCUT2D eigenvalue weighted by Gasteiger charge is -2.27. The average Bonchev–Trinajstić information content (AvgIpc) is 2.88. The van der Waals surface area contributed by atoms with Crippen LogP contribution >= 0.6 is 0 Å². The van der Waals surface area contributed by atoms with Gasteiger partial charge >= 0.3 is 5.97 Å². The van der Waals surface area contributed by atoms with Crippen molar-refractivity contribution in [3.8, 4) is 0 Å². The van der Waals surface area contributed by atoms with Crippen LogP contribution in [0.2, 0.25) is 0 Å². The number of hydrogen-bond donors (Lipinski definition) is 1. The molecule has 1 aromatic heterocycles. The van der Waals surface area contributed by atoms with E-state index in [0.29, 0.717) is 6.54 Å². The second-order valence-corrected chi connectivity index (χ2v) is 5.55. The fraction of sp³-hybridized carbons (Fsp3) is 0.714. The van der Waals surface area contributed by atoms with Crippen molar-refractivity contribution in [1.82, 2.24) is 14.5 Å². The Labute approximate surface area is 118 Å². The highest BCUT2D eigenvalue weighted by atomic mass is 16.5. The van der Waals surface area contributed by atoms with E-state index in [1.165, 1.54) is 5.69 Å². The molecule has 0 saturated carbocycles. The molecular formula is C14H21N3O3. The van der Waals surface area contributed by atoms with Crippen molar-refractivity contribution in [2.45, 2.75) is 25.8 Å². The Kier molecular flexibility index (Phi) is 4.03. The number of nitrogens with zero attached hydrogens (tertiary/aromatic N) is 3. The van der Waals surface area contributed by atoms with Gasteiger partial charge in [0.25, 0.3) is 0 Å². The van der Waals surface area contributed by atoms with E-state index >= 15 is 0 Å². The van der Waals surface area contributed by atoms with E-state index in [-0.39, 0.29) is 5.92 Å². The third-order valence-electron chi connectivity index (χ3n) is 4.28. The number of ether oxygens (including phenoxy) is 1. The first-order valence-corrected chi connectivity index (χ1v) is 7.30. The molecule has 2 aliphatic heterocycles. The largest absolute Gasteiger partial charge is 0.481 e. The zero-order valence-corrected chi connectivity index (χ0v) is 11.6. The van der Waals surface area contributed by atoms with Crippen LogP contribution in [0.15, 0.2) is 6.20 Å². The minimum atomic E-state index is -0.691. The van der Waals surface area contributed by atoms with Crippen LogP contribution in [-0.4, -0.2) is 58.4 Å². The summed E-state index contributed by atoms with van der Waals surface area (Å²) in [6, 6.07) is 0. The third kappa shape index (κ3) is 2.86. The van der Waals surface area contributed by atoms with Gasteiger partial charge in [0.1, 0.15) is 5.82 Å². The Morgan fingerprint density at radius 3 is 3.00 bits per heavy atom. The highest BCUT2D eigenvalue weighted by Gasteiger charge is 2.26. The number of aromatic nitrogens is 2. The van der Waals surface area contributed by atoms with Gasteiger partial charge < -0.3 is 14.4 Å². The van der Waals surface area contributed by atoms with Gasteiger partial charge in [0.15, 0.2) is 0 Å². The number of carboxylic acids is 1. The molecule has 3 rings (SSSR count). The Bertz CT molecular complexity index is 480. The minimum absolute atomic E-state index is 0.265. The molecule has 0 aromatic carbocycles. The molecule has 1 N–H and O–H groups in total. The zero-order valence-electron chi connectivity index (χ0n) is 11.6. The van der Waals surface area contributed by atoms with Crippen LogP contribution in [0.5, 0.6) is 0 Å². The molecule has 6 nitrogen and oxygen atoms in total. The van der Waals surface area contributed by atoms with Crippen LogP contribution in [0.1, 0.15) is 17.9 Å². The van der Waals surface area contributed by atoms with Gasteiger partial charge in [0, 0.05) is 44.5 Å². The fourth-order valence-corrected chi connectivity index (χ4v) is 2.99. The van der Waals surface area contributed by atoms with Crippen LogP contribution in [-0.2, 0) is 28.9 Å². The van der Waals surface area contributed by atoms with Crippen molar-refractivity contribution in [2.24, 2.45) is 5.92 Å². The highest BCUT2D eigenvalue weighted by Crippen LogP contribution is 2.22. The number of imidazole rings is 1. The predicted molar refractivity (Wildman–Crippen MR) is 72.6 cm³/mol. The van der Waals surface area contributed by atoms with Gasteiger partial charge in [0.05, 0.1) is 19.1 Å². The molecule has 0 aliphatic carbocycles. The van der Waals surface area contributed by atoms with E-state index in [1.54, 1.807) is 0 Å². The summed E-state index contributed by atoms with van der Waals surface area (Å²) in [5, 5.41) is 9.17. The van der Waals surface area contributed by atoms with Crippen LogP contribution in [0.25, 0.3) is 0 Å². The van der Waals surface area contributed by atoms with E-state index in [9.17, 15) is 9.90 Å². The van der Waals surface area contributed by atoms with E-state index in [2.05, 4.69) is 14.5 Å². The lowest BCUT2D eigenvalue weighted by Crippen LogP contribution is -2.38. The predicted octanol–water partition coefficient (Wildman–Crippen LogP) is 0.405.